The number of likely N-dealkylation sites (N-methyl/N-ethyl adjacent to an activating group) is 1. The fraction of sp³-hybridized carbons (Fsp3) is 0.800. The molecule has 1 rings (SSSR count). The summed E-state index contributed by atoms with van der Waals surface area (Å²) in [6.07, 6.45) is 2.33. The number of hydrogen-bond acceptors (Lipinski definition) is 2. The zero-order valence-electron chi connectivity index (χ0n) is 8.68. The van der Waals surface area contributed by atoms with E-state index in [1.807, 2.05) is 0 Å². The highest BCUT2D eigenvalue weighted by atomic mass is 32.1. The van der Waals surface area contributed by atoms with E-state index in [4.69, 9.17) is 0 Å². The van der Waals surface area contributed by atoms with Crippen molar-refractivity contribution >= 4 is 12.6 Å². The SMILES string of the molecule is CN1C(C)(C)C=C(CS)C1(C)C. The fourth-order valence-corrected chi connectivity index (χ4v) is 2.35. The molecule has 0 aromatic rings. The van der Waals surface area contributed by atoms with Crippen molar-refractivity contribution in [3.63, 3.8) is 0 Å². The highest BCUT2D eigenvalue weighted by Gasteiger charge is 2.41. The summed E-state index contributed by atoms with van der Waals surface area (Å²) >= 11 is 4.35. The molecule has 0 fully saturated rings. The van der Waals surface area contributed by atoms with Gasteiger partial charge in [0.1, 0.15) is 0 Å². The summed E-state index contributed by atoms with van der Waals surface area (Å²) in [6, 6.07) is 0. The van der Waals surface area contributed by atoms with Gasteiger partial charge in [0.25, 0.3) is 0 Å². The van der Waals surface area contributed by atoms with Gasteiger partial charge in [-0.2, -0.15) is 12.6 Å². The molecule has 0 atom stereocenters. The summed E-state index contributed by atoms with van der Waals surface area (Å²) in [6.45, 7) is 8.99. The van der Waals surface area contributed by atoms with Crippen LogP contribution in [0.4, 0.5) is 0 Å². The lowest BCUT2D eigenvalue weighted by atomic mass is 9.97. The van der Waals surface area contributed by atoms with Gasteiger partial charge >= 0.3 is 0 Å². The largest absolute Gasteiger partial charge is 0.289 e. The molecule has 0 unspecified atom stereocenters. The van der Waals surface area contributed by atoms with Crippen molar-refractivity contribution in [2.24, 2.45) is 0 Å². The van der Waals surface area contributed by atoms with Gasteiger partial charge in [0.05, 0.1) is 0 Å². The van der Waals surface area contributed by atoms with Crippen LogP contribution in [0.1, 0.15) is 27.7 Å². The predicted molar refractivity (Wildman–Crippen MR) is 57.9 cm³/mol. The molecule has 0 spiro atoms. The summed E-state index contributed by atoms with van der Waals surface area (Å²) in [4.78, 5) is 2.39. The van der Waals surface area contributed by atoms with Crippen molar-refractivity contribution in [3.8, 4) is 0 Å². The quantitative estimate of drug-likeness (QED) is 0.485. The molecule has 0 aromatic carbocycles. The molecule has 0 radical (unpaired) electrons. The Morgan fingerprint density at radius 1 is 1.33 bits per heavy atom. The van der Waals surface area contributed by atoms with Crippen LogP contribution in [-0.4, -0.2) is 28.8 Å². The van der Waals surface area contributed by atoms with Gasteiger partial charge in [-0.15, -0.1) is 0 Å². The van der Waals surface area contributed by atoms with Gasteiger partial charge in [0.15, 0.2) is 0 Å². The second kappa shape index (κ2) is 2.78. The molecule has 0 amide bonds. The molecule has 0 bridgehead atoms. The first-order chi connectivity index (χ1) is 5.32. The Balaban J connectivity index is 3.03. The van der Waals surface area contributed by atoms with Gasteiger partial charge in [-0.3, -0.25) is 4.90 Å². The van der Waals surface area contributed by atoms with Crippen molar-refractivity contribution in [2.45, 2.75) is 38.8 Å². The molecule has 0 saturated heterocycles. The summed E-state index contributed by atoms with van der Waals surface area (Å²) in [5, 5.41) is 0. The van der Waals surface area contributed by atoms with Crippen molar-refractivity contribution in [1.82, 2.24) is 4.90 Å². The minimum atomic E-state index is 0.172. The van der Waals surface area contributed by atoms with E-state index < -0.39 is 0 Å². The Labute approximate surface area is 81.2 Å². The van der Waals surface area contributed by atoms with Gasteiger partial charge in [0.2, 0.25) is 0 Å². The van der Waals surface area contributed by atoms with Crippen molar-refractivity contribution in [1.29, 1.82) is 0 Å². The lowest BCUT2D eigenvalue weighted by Crippen LogP contribution is -2.47. The topological polar surface area (TPSA) is 3.24 Å². The zero-order valence-corrected chi connectivity index (χ0v) is 9.57. The maximum atomic E-state index is 4.35. The maximum absolute atomic E-state index is 4.35. The lowest BCUT2D eigenvalue weighted by molar-refractivity contribution is 0.129. The summed E-state index contributed by atoms with van der Waals surface area (Å²) in [5.74, 6) is 0.862. The standard InChI is InChI=1S/C10H19NS/c1-9(2)6-8(7-12)10(3,4)11(9)5/h6,12H,7H2,1-5H3. The molecule has 0 N–H and O–H groups in total. The molecule has 2 heteroatoms. The van der Waals surface area contributed by atoms with Gasteiger partial charge in [0, 0.05) is 16.8 Å². The van der Waals surface area contributed by atoms with Crippen LogP contribution in [0, 0.1) is 0 Å². The van der Waals surface area contributed by atoms with Crippen molar-refractivity contribution in [2.75, 3.05) is 12.8 Å². The normalized spacial score (nSPS) is 27.3. The number of hydrogen-bond donors (Lipinski definition) is 1. The average molecular weight is 185 g/mol. The van der Waals surface area contributed by atoms with E-state index in [0.717, 1.165) is 5.75 Å². The summed E-state index contributed by atoms with van der Waals surface area (Å²) in [5.41, 5.74) is 1.78. The van der Waals surface area contributed by atoms with Crippen LogP contribution in [0.5, 0.6) is 0 Å². The van der Waals surface area contributed by atoms with Crippen LogP contribution < -0.4 is 0 Å². The smallest absolute Gasteiger partial charge is 0.0378 e. The number of thiol groups is 1. The third-order valence-electron chi connectivity index (χ3n) is 3.19. The zero-order chi connectivity index (χ0) is 9.57. The predicted octanol–water partition coefficient (Wildman–Crippen LogP) is 2.35. The van der Waals surface area contributed by atoms with Crippen LogP contribution >= 0.6 is 12.6 Å². The average Bonchev–Trinajstić information content (AvgIpc) is 2.11. The first-order valence-corrected chi connectivity index (χ1v) is 5.02. The highest BCUT2D eigenvalue weighted by molar-refractivity contribution is 7.80. The van der Waals surface area contributed by atoms with Crippen molar-refractivity contribution in [3.05, 3.63) is 11.6 Å². The molecule has 1 aliphatic heterocycles. The van der Waals surface area contributed by atoms with E-state index in [2.05, 4.69) is 58.3 Å². The van der Waals surface area contributed by atoms with Crippen LogP contribution in [0.15, 0.2) is 11.6 Å². The monoisotopic (exact) mass is 185 g/mol. The van der Waals surface area contributed by atoms with E-state index in [9.17, 15) is 0 Å². The van der Waals surface area contributed by atoms with Crippen LogP contribution in [-0.2, 0) is 0 Å². The highest BCUT2D eigenvalue weighted by Crippen LogP contribution is 2.38. The number of nitrogens with zero attached hydrogens (tertiary/aromatic N) is 1. The molecule has 70 valence electrons. The van der Waals surface area contributed by atoms with E-state index in [1.54, 1.807) is 0 Å². The molecule has 1 aliphatic rings. The minimum Gasteiger partial charge on any atom is -0.289 e. The Morgan fingerprint density at radius 3 is 2.00 bits per heavy atom. The van der Waals surface area contributed by atoms with Gasteiger partial charge in [-0.05, 0) is 40.3 Å². The lowest BCUT2D eigenvalue weighted by Gasteiger charge is -2.38. The Hall–Kier alpha value is 0.0500. The van der Waals surface area contributed by atoms with Gasteiger partial charge in [-0.1, -0.05) is 6.08 Å². The summed E-state index contributed by atoms with van der Waals surface area (Å²) in [7, 11) is 2.17. The van der Waals surface area contributed by atoms with Crippen LogP contribution in [0.25, 0.3) is 0 Å². The third kappa shape index (κ3) is 1.31. The molecular formula is C10H19NS. The molecule has 1 nitrogen and oxygen atoms in total. The Morgan fingerprint density at radius 2 is 1.83 bits per heavy atom. The van der Waals surface area contributed by atoms with Crippen LogP contribution in [0.2, 0.25) is 0 Å². The van der Waals surface area contributed by atoms with Gasteiger partial charge in [-0.25, -0.2) is 0 Å². The molecule has 12 heavy (non-hydrogen) atoms. The molecule has 0 aromatic heterocycles. The Kier molecular flexibility index (Phi) is 2.34. The van der Waals surface area contributed by atoms with E-state index in [1.165, 1.54) is 5.57 Å². The first-order valence-electron chi connectivity index (χ1n) is 4.39. The second-order valence-corrected chi connectivity index (χ2v) is 4.92. The van der Waals surface area contributed by atoms with Gasteiger partial charge < -0.3 is 0 Å². The molecule has 0 aliphatic carbocycles. The van der Waals surface area contributed by atoms with E-state index in [0.29, 0.717) is 0 Å². The van der Waals surface area contributed by atoms with Crippen LogP contribution in [0.3, 0.4) is 0 Å². The third-order valence-corrected chi connectivity index (χ3v) is 3.53. The second-order valence-electron chi connectivity index (χ2n) is 4.60. The Bertz CT molecular complexity index is 216. The summed E-state index contributed by atoms with van der Waals surface area (Å²) < 4.78 is 0. The van der Waals surface area contributed by atoms with E-state index >= 15 is 0 Å². The first kappa shape index (κ1) is 10.1. The molecule has 1 heterocycles. The maximum Gasteiger partial charge on any atom is 0.0378 e. The minimum absolute atomic E-state index is 0.172. The van der Waals surface area contributed by atoms with E-state index in [-0.39, 0.29) is 11.1 Å². The molecule has 0 saturated carbocycles. The number of rotatable bonds is 1. The van der Waals surface area contributed by atoms with Crippen molar-refractivity contribution < 1.29 is 0 Å². The fourth-order valence-electron chi connectivity index (χ4n) is 1.87. The molecular weight excluding hydrogens is 166 g/mol.